The van der Waals surface area contributed by atoms with Gasteiger partial charge in [0.15, 0.2) is 11.9 Å². The molecule has 1 spiro atoms. The minimum Gasteiger partial charge on any atom is -0.353 e. The van der Waals surface area contributed by atoms with Crippen LogP contribution in [0.5, 0.6) is 0 Å². The van der Waals surface area contributed by atoms with E-state index in [4.69, 9.17) is 19.2 Å². The van der Waals surface area contributed by atoms with Crippen molar-refractivity contribution >= 4 is 0 Å². The molecular formula is C18H23FO4. The minimum absolute atomic E-state index is 0.263. The van der Waals surface area contributed by atoms with Crippen molar-refractivity contribution in [2.45, 2.75) is 63.1 Å². The topological polar surface area (TPSA) is 36.9 Å². The molecule has 3 saturated heterocycles. The van der Waals surface area contributed by atoms with Crippen LogP contribution >= 0.6 is 0 Å². The van der Waals surface area contributed by atoms with E-state index in [0.29, 0.717) is 12.3 Å². The van der Waals surface area contributed by atoms with Gasteiger partial charge >= 0.3 is 0 Å². The van der Waals surface area contributed by atoms with Gasteiger partial charge in [-0.3, -0.25) is 0 Å². The third kappa shape index (κ3) is 2.25. The zero-order chi connectivity index (χ0) is 16.1. The van der Waals surface area contributed by atoms with Gasteiger partial charge in [-0.15, -0.1) is 0 Å². The van der Waals surface area contributed by atoms with Crippen LogP contribution in [-0.2, 0) is 25.0 Å². The van der Waals surface area contributed by atoms with Crippen molar-refractivity contribution in [1.29, 1.82) is 0 Å². The fourth-order valence-corrected chi connectivity index (χ4v) is 4.54. The summed E-state index contributed by atoms with van der Waals surface area (Å²) >= 11 is 0. The Labute approximate surface area is 135 Å². The van der Waals surface area contributed by atoms with Crippen molar-refractivity contribution in [3.63, 3.8) is 0 Å². The SMILES string of the molecule is CO[C@@H]1O[C@]2(c3ccc(F)cc3C)CC[C@H]3CCCC[C@@]31OO2. The molecule has 0 amide bonds. The van der Waals surface area contributed by atoms with Crippen molar-refractivity contribution in [2.24, 2.45) is 5.92 Å². The molecule has 126 valence electrons. The summed E-state index contributed by atoms with van der Waals surface area (Å²) < 4.78 is 25.5. The van der Waals surface area contributed by atoms with Crippen molar-refractivity contribution in [3.05, 3.63) is 35.1 Å². The van der Waals surface area contributed by atoms with E-state index in [1.165, 1.54) is 18.6 Å². The Bertz CT molecular complexity index is 603. The third-order valence-electron chi connectivity index (χ3n) is 5.72. The molecule has 0 aromatic heterocycles. The van der Waals surface area contributed by atoms with Crippen LogP contribution in [-0.4, -0.2) is 19.0 Å². The Morgan fingerprint density at radius 1 is 1.17 bits per heavy atom. The molecule has 2 bridgehead atoms. The van der Waals surface area contributed by atoms with E-state index in [0.717, 1.165) is 36.8 Å². The number of halogens is 1. The van der Waals surface area contributed by atoms with Gasteiger partial charge in [0.25, 0.3) is 0 Å². The van der Waals surface area contributed by atoms with Gasteiger partial charge in [-0.2, -0.15) is 4.89 Å². The molecule has 1 aliphatic carbocycles. The van der Waals surface area contributed by atoms with E-state index in [2.05, 4.69) is 0 Å². The molecule has 1 aromatic rings. The van der Waals surface area contributed by atoms with Gasteiger partial charge in [0.2, 0.25) is 5.79 Å². The van der Waals surface area contributed by atoms with E-state index in [-0.39, 0.29) is 5.82 Å². The van der Waals surface area contributed by atoms with Gasteiger partial charge in [0.05, 0.1) is 0 Å². The highest BCUT2D eigenvalue weighted by Crippen LogP contribution is 2.55. The maximum absolute atomic E-state index is 13.5. The van der Waals surface area contributed by atoms with Gasteiger partial charge < -0.3 is 9.47 Å². The number of rotatable bonds is 2. The molecule has 0 radical (unpaired) electrons. The molecule has 5 heteroatoms. The monoisotopic (exact) mass is 322 g/mol. The summed E-state index contributed by atoms with van der Waals surface area (Å²) in [6.45, 7) is 1.87. The summed E-state index contributed by atoms with van der Waals surface area (Å²) in [5.41, 5.74) is 1.10. The largest absolute Gasteiger partial charge is 0.353 e. The van der Waals surface area contributed by atoms with Crippen LogP contribution in [0.25, 0.3) is 0 Å². The lowest BCUT2D eigenvalue weighted by Gasteiger charge is -2.49. The predicted octanol–water partition coefficient (Wildman–Crippen LogP) is 3.96. The van der Waals surface area contributed by atoms with Gasteiger partial charge in [-0.05, 0) is 49.8 Å². The van der Waals surface area contributed by atoms with E-state index in [9.17, 15) is 4.39 Å². The standard InChI is InChI=1S/C18H23FO4/c1-12-11-14(19)6-7-15(12)18-10-8-13-5-3-4-9-17(13,22-23-18)16(20-2)21-18/h6-7,11,13,16H,3-5,8-10H2,1-2H3/t13-,16-,17-,18-/m1/s1. The highest BCUT2D eigenvalue weighted by Gasteiger charge is 2.62. The molecule has 3 aliphatic heterocycles. The maximum atomic E-state index is 13.5. The van der Waals surface area contributed by atoms with Crippen molar-refractivity contribution in [1.82, 2.24) is 0 Å². The van der Waals surface area contributed by atoms with Crippen LogP contribution in [0, 0.1) is 18.7 Å². The molecule has 4 atom stereocenters. The average molecular weight is 322 g/mol. The number of hydrogen-bond acceptors (Lipinski definition) is 4. The predicted molar refractivity (Wildman–Crippen MR) is 80.8 cm³/mol. The molecule has 1 saturated carbocycles. The third-order valence-corrected chi connectivity index (χ3v) is 5.72. The van der Waals surface area contributed by atoms with Gasteiger partial charge in [0.1, 0.15) is 5.82 Å². The first-order valence-electron chi connectivity index (χ1n) is 8.44. The highest BCUT2D eigenvalue weighted by atomic mass is 19.1. The maximum Gasteiger partial charge on any atom is 0.230 e. The number of fused-ring (bicyclic) bond motifs is 3. The van der Waals surface area contributed by atoms with Crippen LogP contribution in [0.2, 0.25) is 0 Å². The Balaban J connectivity index is 1.76. The molecule has 23 heavy (non-hydrogen) atoms. The zero-order valence-electron chi connectivity index (χ0n) is 13.6. The first-order valence-corrected chi connectivity index (χ1v) is 8.44. The number of aryl methyl sites for hydroxylation is 1. The molecule has 0 N–H and O–H groups in total. The molecule has 0 unspecified atom stereocenters. The van der Waals surface area contributed by atoms with Crippen LogP contribution in [0.1, 0.15) is 49.7 Å². The summed E-state index contributed by atoms with van der Waals surface area (Å²) in [6, 6.07) is 4.67. The molecular weight excluding hydrogens is 299 g/mol. The Morgan fingerprint density at radius 3 is 2.83 bits per heavy atom. The van der Waals surface area contributed by atoms with Crippen molar-refractivity contribution in [3.8, 4) is 0 Å². The van der Waals surface area contributed by atoms with E-state index < -0.39 is 17.7 Å². The summed E-state index contributed by atoms with van der Waals surface area (Å²) in [6.07, 6.45) is 5.45. The van der Waals surface area contributed by atoms with Gasteiger partial charge in [0, 0.05) is 19.1 Å². The molecule has 3 heterocycles. The smallest absolute Gasteiger partial charge is 0.230 e. The lowest BCUT2D eigenvalue weighted by Crippen LogP contribution is -2.59. The molecule has 5 rings (SSSR count). The lowest BCUT2D eigenvalue weighted by atomic mass is 9.73. The second-order valence-electron chi connectivity index (χ2n) is 7.00. The summed E-state index contributed by atoms with van der Waals surface area (Å²) in [5, 5.41) is 0. The van der Waals surface area contributed by atoms with Crippen LogP contribution in [0.3, 0.4) is 0 Å². The zero-order valence-corrected chi connectivity index (χ0v) is 13.6. The normalized spacial score (nSPS) is 39.8. The second kappa shape index (κ2) is 5.52. The van der Waals surface area contributed by atoms with E-state index in [1.807, 2.05) is 6.92 Å². The lowest BCUT2D eigenvalue weighted by molar-refractivity contribution is -0.559. The first kappa shape index (κ1) is 15.5. The highest BCUT2D eigenvalue weighted by molar-refractivity contribution is 5.31. The molecule has 4 nitrogen and oxygen atoms in total. The minimum atomic E-state index is -1.01. The van der Waals surface area contributed by atoms with Crippen molar-refractivity contribution < 1.29 is 23.6 Å². The Morgan fingerprint density at radius 2 is 2.04 bits per heavy atom. The fourth-order valence-electron chi connectivity index (χ4n) is 4.54. The number of benzene rings is 1. The molecule has 4 aliphatic rings. The van der Waals surface area contributed by atoms with E-state index in [1.54, 1.807) is 13.2 Å². The van der Waals surface area contributed by atoms with Crippen LogP contribution < -0.4 is 0 Å². The number of hydrogen-bond donors (Lipinski definition) is 0. The molecule has 4 fully saturated rings. The quantitative estimate of drug-likeness (QED) is 0.772. The van der Waals surface area contributed by atoms with Crippen LogP contribution in [0.4, 0.5) is 4.39 Å². The summed E-state index contributed by atoms with van der Waals surface area (Å²) in [4.78, 5) is 11.9. The summed E-state index contributed by atoms with van der Waals surface area (Å²) in [5.74, 6) is -0.908. The van der Waals surface area contributed by atoms with Gasteiger partial charge in [-0.1, -0.05) is 18.9 Å². The second-order valence-corrected chi connectivity index (χ2v) is 7.00. The van der Waals surface area contributed by atoms with Gasteiger partial charge in [-0.25, -0.2) is 9.28 Å². The average Bonchev–Trinajstić information content (AvgIpc) is 2.80. The Kier molecular flexibility index (Phi) is 3.72. The number of ether oxygens (including phenoxy) is 2. The fraction of sp³-hybridized carbons (Fsp3) is 0.667. The summed E-state index contributed by atoms with van der Waals surface area (Å²) in [7, 11) is 1.65. The van der Waals surface area contributed by atoms with Crippen LogP contribution in [0.15, 0.2) is 18.2 Å². The Hall–Kier alpha value is -1.01. The molecule has 1 aromatic carbocycles. The first-order chi connectivity index (χ1) is 11.1. The van der Waals surface area contributed by atoms with E-state index >= 15 is 0 Å². The van der Waals surface area contributed by atoms with Crippen molar-refractivity contribution in [2.75, 3.05) is 7.11 Å². The number of methoxy groups -OCH3 is 1.